The SMILES string of the molecule is Cc1ccccc1C(=O)N1CCC(NC(=O)c2ccc(F)c(F)c2F)CC1. The number of hydrogen-bond donors (Lipinski definition) is 1. The van der Waals surface area contributed by atoms with Crippen LogP contribution in [0.4, 0.5) is 13.2 Å². The monoisotopic (exact) mass is 376 g/mol. The van der Waals surface area contributed by atoms with Crippen LogP contribution in [0.1, 0.15) is 39.1 Å². The molecule has 1 saturated heterocycles. The highest BCUT2D eigenvalue weighted by Crippen LogP contribution is 2.18. The summed E-state index contributed by atoms with van der Waals surface area (Å²) in [7, 11) is 0. The summed E-state index contributed by atoms with van der Waals surface area (Å²) in [5, 5.41) is 2.63. The Balaban J connectivity index is 1.60. The molecule has 7 heteroatoms. The second-order valence-corrected chi connectivity index (χ2v) is 6.58. The molecule has 0 bridgehead atoms. The van der Waals surface area contributed by atoms with Gasteiger partial charge in [0.05, 0.1) is 5.56 Å². The van der Waals surface area contributed by atoms with Crippen molar-refractivity contribution in [2.75, 3.05) is 13.1 Å². The van der Waals surface area contributed by atoms with E-state index in [1.54, 1.807) is 11.0 Å². The van der Waals surface area contributed by atoms with E-state index in [4.69, 9.17) is 0 Å². The van der Waals surface area contributed by atoms with Crippen LogP contribution in [0, 0.1) is 24.4 Å². The van der Waals surface area contributed by atoms with E-state index in [-0.39, 0.29) is 11.9 Å². The van der Waals surface area contributed by atoms with Gasteiger partial charge in [-0.15, -0.1) is 0 Å². The van der Waals surface area contributed by atoms with Crippen LogP contribution in [0.5, 0.6) is 0 Å². The van der Waals surface area contributed by atoms with Crippen molar-refractivity contribution < 1.29 is 22.8 Å². The summed E-state index contributed by atoms with van der Waals surface area (Å²) in [6.07, 6.45) is 0.989. The van der Waals surface area contributed by atoms with Gasteiger partial charge in [0.25, 0.3) is 11.8 Å². The lowest BCUT2D eigenvalue weighted by Crippen LogP contribution is -2.46. The van der Waals surface area contributed by atoms with Gasteiger partial charge in [0.2, 0.25) is 0 Å². The zero-order valence-corrected chi connectivity index (χ0v) is 14.8. The second kappa shape index (κ2) is 7.82. The van der Waals surface area contributed by atoms with Gasteiger partial charge >= 0.3 is 0 Å². The third-order valence-electron chi connectivity index (χ3n) is 4.77. The van der Waals surface area contributed by atoms with Crippen LogP contribution in [0.3, 0.4) is 0 Å². The molecule has 0 saturated carbocycles. The van der Waals surface area contributed by atoms with Crippen LogP contribution in [0.15, 0.2) is 36.4 Å². The third-order valence-corrected chi connectivity index (χ3v) is 4.77. The fraction of sp³-hybridized carbons (Fsp3) is 0.300. The molecule has 27 heavy (non-hydrogen) atoms. The number of carbonyl (C=O) groups is 2. The Hall–Kier alpha value is -2.83. The molecule has 1 aliphatic heterocycles. The van der Waals surface area contributed by atoms with Gasteiger partial charge in [0.1, 0.15) is 0 Å². The van der Waals surface area contributed by atoms with Crippen LogP contribution in [-0.4, -0.2) is 35.8 Å². The maximum atomic E-state index is 13.7. The molecule has 2 aromatic rings. The highest BCUT2D eigenvalue weighted by Gasteiger charge is 2.27. The molecular weight excluding hydrogens is 357 g/mol. The first-order chi connectivity index (χ1) is 12.9. The van der Waals surface area contributed by atoms with Crippen molar-refractivity contribution in [1.29, 1.82) is 0 Å². The highest BCUT2D eigenvalue weighted by atomic mass is 19.2. The van der Waals surface area contributed by atoms with Crippen LogP contribution in [0.25, 0.3) is 0 Å². The first-order valence-electron chi connectivity index (χ1n) is 8.67. The minimum Gasteiger partial charge on any atom is -0.349 e. The van der Waals surface area contributed by atoms with E-state index in [1.807, 2.05) is 25.1 Å². The first-order valence-corrected chi connectivity index (χ1v) is 8.67. The van der Waals surface area contributed by atoms with Gasteiger partial charge in [0, 0.05) is 24.7 Å². The third kappa shape index (κ3) is 3.97. The van der Waals surface area contributed by atoms with Crippen molar-refractivity contribution in [2.45, 2.75) is 25.8 Å². The summed E-state index contributed by atoms with van der Waals surface area (Å²) in [4.78, 5) is 26.5. The van der Waals surface area contributed by atoms with Crippen molar-refractivity contribution in [3.8, 4) is 0 Å². The molecular formula is C20H19F3N2O2. The predicted octanol–water partition coefficient (Wildman–Crippen LogP) is 3.45. The van der Waals surface area contributed by atoms with Crippen LogP contribution >= 0.6 is 0 Å². The van der Waals surface area contributed by atoms with E-state index >= 15 is 0 Å². The van der Waals surface area contributed by atoms with Gasteiger partial charge < -0.3 is 10.2 Å². The molecule has 0 spiro atoms. The largest absolute Gasteiger partial charge is 0.349 e. The van der Waals surface area contributed by atoms with Crippen LogP contribution in [0.2, 0.25) is 0 Å². The normalized spacial score (nSPS) is 14.9. The van der Waals surface area contributed by atoms with Gasteiger partial charge in [-0.3, -0.25) is 9.59 Å². The smallest absolute Gasteiger partial charge is 0.254 e. The minimum atomic E-state index is -1.67. The zero-order chi connectivity index (χ0) is 19.6. The van der Waals surface area contributed by atoms with Crippen molar-refractivity contribution >= 4 is 11.8 Å². The molecule has 1 fully saturated rings. The summed E-state index contributed by atoms with van der Waals surface area (Å²) >= 11 is 0. The summed E-state index contributed by atoms with van der Waals surface area (Å²) in [6, 6.07) is 8.69. The first kappa shape index (κ1) is 18.9. The number of nitrogens with zero attached hydrogens (tertiary/aromatic N) is 1. The van der Waals surface area contributed by atoms with Gasteiger partial charge in [-0.2, -0.15) is 0 Å². The highest BCUT2D eigenvalue weighted by molar-refractivity contribution is 5.96. The standard InChI is InChI=1S/C20H19F3N2O2/c1-12-4-2-3-5-14(12)20(27)25-10-8-13(9-11-25)24-19(26)15-6-7-16(21)18(23)17(15)22/h2-7,13H,8-11H2,1H3,(H,24,26). The van der Waals surface area contributed by atoms with Gasteiger partial charge in [-0.1, -0.05) is 18.2 Å². The van der Waals surface area contributed by atoms with Crippen LogP contribution < -0.4 is 5.32 Å². The van der Waals surface area contributed by atoms with Gasteiger partial charge in [0.15, 0.2) is 17.5 Å². The number of likely N-dealkylation sites (tertiary alicyclic amines) is 1. The fourth-order valence-corrected chi connectivity index (χ4v) is 3.17. The number of carbonyl (C=O) groups excluding carboxylic acids is 2. The molecule has 3 rings (SSSR count). The van der Waals surface area contributed by atoms with E-state index in [9.17, 15) is 22.8 Å². The summed E-state index contributed by atoms with van der Waals surface area (Å²) in [5.41, 5.74) is 1.00. The molecule has 1 aliphatic rings. The number of benzene rings is 2. The average molecular weight is 376 g/mol. The Bertz CT molecular complexity index is 878. The molecule has 4 nitrogen and oxygen atoms in total. The maximum Gasteiger partial charge on any atom is 0.254 e. The minimum absolute atomic E-state index is 0.0653. The number of amides is 2. The molecule has 0 atom stereocenters. The molecule has 0 unspecified atom stereocenters. The topological polar surface area (TPSA) is 49.4 Å². The average Bonchev–Trinajstić information content (AvgIpc) is 2.66. The molecule has 0 aliphatic carbocycles. The quantitative estimate of drug-likeness (QED) is 0.835. The van der Waals surface area contributed by atoms with Gasteiger partial charge in [-0.25, -0.2) is 13.2 Å². The molecule has 142 valence electrons. The molecule has 2 amide bonds. The van der Waals surface area contributed by atoms with Crippen molar-refractivity contribution in [1.82, 2.24) is 10.2 Å². The number of nitrogens with one attached hydrogen (secondary N) is 1. The molecule has 1 heterocycles. The number of hydrogen-bond acceptors (Lipinski definition) is 2. The second-order valence-electron chi connectivity index (χ2n) is 6.58. The Morgan fingerprint density at radius 3 is 2.30 bits per heavy atom. The maximum absolute atomic E-state index is 13.7. The Morgan fingerprint density at radius 2 is 1.63 bits per heavy atom. The molecule has 0 aromatic heterocycles. The lowest BCUT2D eigenvalue weighted by molar-refractivity contribution is 0.0697. The number of rotatable bonds is 3. The fourth-order valence-electron chi connectivity index (χ4n) is 3.17. The summed E-state index contributed by atoms with van der Waals surface area (Å²) in [5.74, 6) is -5.37. The van der Waals surface area contributed by atoms with E-state index in [0.29, 0.717) is 31.5 Å². The van der Waals surface area contributed by atoms with E-state index < -0.39 is 28.9 Å². The van der Waals surface area contributed by atoms with E-state index in [0.717, 1.165) is 17.7 Å². The Kier molecular flexibility index (Phi) is 5.48. The lowest BCUT2D eigenvalue weighted by atomic mass is 10.0. The lowest BCUT2D eigenvalue weighted by Gasteiger charge is -2.32. The van der Waals surface area contributed by atoms with E-state index in [2.05, 4.69) is 5.32 Å². The summed E-state index contributed by atoms with van der Waals surface area (Å²) < 4.78 is 40.0. The number of aryl methyl sites for hydroxylation is 1. The zero-order valence-electron chi connectivity index (χ0n) is 14.8. The molecule has 0 radical (unpaired) electrons. The predicted molar refractivity (Wildman–Crippen MR) is 93.9 cm³/mol. The van der Waals surface area contributed by atoms with E-state index in [1.165, 1.54) is 0 Å². The Morgan fingerprint density at radius 1 is 0.963 bits per heavy atom. The molecule has 1 N–H and O–H groups in total. The summed E-state index contributed by atoms with van der Waals surface area (Å²) in [6.45, 7) is 2.76. The van der Waals surface area contributed by atoms with Crippen molar-refractivity contribution in [2.24, 2.45) is 0 Å². The molecule has 2 aromatic carbocycles. The van der Waals surface area contributed by atoms with Crippen molar-refractivity contribution in [3.63, 3.8) is 0 Å². The van der Waals surface area contributed by atoms with Crippen LogP contribution in [-0.2, 0) is 0 Å². The Labute approximate surface area is 155 Å². The number of halogens is 3. The van der Waals surface area contributed by atoms with Crippen molar-refractivity contribution in [3.05, 3.63) is 70.5 Å². The van der Waals surface area contributed by atoms with Gasteiger partial charge in [-0.05, 0) is 43.5 Å². The number of piperidine rings is 1.